The number of piperazine rings is 1. The van der Waals surface area contributed by atoms with Gasteiger partial charge in [-0.2, -0.15) is 0 Å². The molecule has 1 aliphatic rings. The number of hydrogen-bond acceptors (Lipinski definition) is 4. The van der Waals surface area contributed by atoms with Gasteiger partial charge < -0.3 is 14.4 Å². The third-order valence-corrected chi connectivity index (χ3v) is 4.49. The summed E-state index contributed by atoms with van der Waals surface area (Å²) in [4.78, 5) is 20.9. The van der Waals surface area contributed by atoms with Gasteiger partial charge in [0.05, 0.1) is 0 Å². The van der Waals surface area contributed by atoms with Gasteiger partial charge >= 0.3 is 0 Å². The summed E-state index contributed by atoms with van der Waals surface area (Å²) < 4.78 is 1.58. The van der Waals surface area contributed by atoms with Crippen molar-refractivity contribution in [2.45, 2.75) is 13.8 Å². The average Bonchev–Trinajstić information content (AvgIpc) is 2.53. The number of nitrogens with zero attached hydrogens (tertiary/aromatic N) is 4. The lowest BCUT2D eigenvalue weighted by atomic mass is 10.1. The van der Waals surface area contributed by atoms with Gasteiger partial charge in [0.1, 0.15) is 0 Å². The first kappa shape index (κ1) is 14.6. The molecule has 0 saturated carbocycles. The number of benzene rings is 1. The molecule has 0 aliphatic carbocycles. The van der Waals surface area contributed by atoms with Crippen LogP contribution in [0.3, 0.4) is 0 Å². The average molecular weight is 298 g/mol. The van der Waals surface area contributed by atoms with E-state index in [0.717, 1.165) is 26.2 Å². The molecule has 1 aromatic carbocycles. The summed E-state index contributed by atoms with van der Waals surface area (Å²) in [6.45, 7) is 7.77. The summed E-state index contributed by atoms with van der Waals surface area (Å²) in [5, 5.41) is 0. The van der Waals surface area contributed by atoms with E-state index in [0.29, 0.717) is 5.82 Å². The lowest BCUT2D eigenvalue weighted by Crippen LogP contribution is -2.49. The van der Waals surface area contributed by atoms with Crippen molar-refractivity contribution in [2.24, 2.45) is 7.05 Å². The van der Waals surface area contributed by atoms with E-state index in [-0.39, 0.29) is 5.56 Å². The Morgan fingerprint density at radius 1 is 1.05 bits per heavy atom. The van der Waals surface area contributed by atoms with Crippen LogP contribution in [0.1, 0.15) is 11.1 Å². The van der Waals surface area contributed by atoms with Crippen molar-refractivity contribution in [1.82, 2.24) is 9.55 Å². The predicted octanol–water partition coefficient (Wildman–Crippen LogP) is 1.72. The van der Waals surface area contributed by atoms with E-state index in [1.165, 1.54) is 16.8 Å². The molecule has 0 radical (unpaired) electrons. The predicted molar refractivity (Wildman–Crippen MR) is 89.8 cm³/mol. The van der Waals surface area contributed by atoms with E-state index >= 15 is 0 Å². The Balaban J connectivity index is 1.77. The highest BCUT2D eigenvalue weighted by Gasteiger charge is 2.21. The molecule has 2 heterocycles. The molecule has 0 N–H and O–H groups in total. The van der Waals surface area contributed by atoms with Crippen LogP contribution in [-0.2, 0) is 7.05 Å². The largest absolute Gasteiger partial charge is 0.368 e. The quantitative estimate of drug-likeness (QED) is 0.846. The topological polar surface area (TPSA) is 41.4 Å². The summed E-state index contributed by atoms with van der Waals surface area (Å²) >= 11 is 0. The second kappa shape index (κ2) is 5.83. The molecule has 2 aromatic rings. The fourth-order valence-electron chi connectivity index (χ4n) is 2.94. The van der Waals surface area contributed by atoms with Gasteiger partial charge in [0.15, 0.2) is 5.82 Å². The van der Waals surface area contributed by atoms with Gasteiger partial charge in [-0.3, -0.25) is 4.79 Å². The number of aromatic nitrogens is 2. The fourth-order valence-corrected chi connectivity index (χ4v) is 2.94. The maximum atomic E-state index is 12.2. The first-order valence-electron chi connectivity index (χ1n) is 7.65. The molecule has 0 spiro atoms. The van der Waals surface area contributed by atoms with E-state index in [9.17, 15) is 4.79 Å². The summed E-state index contributed by atoms with van der Waals surface area (Å²) in [7, 11) is 1.76. The Labute approximate surface area is 130 Å². The minimum absolute atomic E-state index is 0.0253. The van der Waals surface area contributed by atoms with Crippen LogP contribution < -0.4 is 15.4 Å². The molecule has 3 rings (SSSR count). The Hall–Kier alpha value is -2.30. The standard InChI is InChI=1S/C17H22N4O/c1-13-5-4-6-15(14(13)2)20-9-11-21(12-10-20)16-17(22)19(3)8-7-18-16/h4-8H,9-12H2,1-3H3. The summed E-state index contributed by atoms with van der Waals surface area (Å²) in [5.41, 5.74) is 3.93. The second-order valence-corrected chi connectivity index (χ2v) is 5.86. The van der Waals surface area contributed by atoms with Crippen molar-refractivity contribution < 1.29 is 0 Å². The molecule has 1 aliphatic heterocycles. The van der Waals surface area contributed by atoms with Crippen LogP contribution in [0.15, 0.2) is 35.4 Å². The molecular formula is C17H22N4O. The zero-order valence-electron chi connectivity index (χ0n) is 13.4. The first-order valence-corrected chi connectivity index (χ1v) is 7.65. The third kappa shape index (κ3) is 2.58. The molecule has 1 saturated heterocycles. The summed E-state index contributed by atoms with van der Waals surface area (Å²) in [6, 6.07) is 6.43. The molecular weight excluding hydrogens is 276 g/mol. The molecule has 5 heteroatoms. The number of aryl methyl sites for hydroxylation is 2. The SMILES string of the molecule is Cc1cccc(N2CCN(c3nccn(C)c3=O)CC2)c1C. The van der Waals surface area contributed by atoms with Crippen molar-refractivity contribution in [1.29, 1.82) is 0 Å². The van der Waals surface area contributed by atoms with Crippen LogP contribution in [0.4, 0.5) is 11.5 Å². The molecule has 116 valence electrons. The van der Waals surface area contributed by atoms with Gasteiger partial charge in [0, 0.05) is 51.3 Å². The number of hydrogen-bond donors (Lipinski definition) is 0. The van der Waals surface area contributed by atoms with Crippen LogP contribution in [0.25, 0.3) is 0 Å². The molecule has 22 heavy (non-hydrogen) atoms. The minimum atomic E-state index is -0.0253. The van der Waals surface area contributed by atoms with Crippen LogP contribution in [0.5, 0.6) is 0 Å². The van der Waals surface area contributed by atoms with Crippen molar-refractivity contribution >= 4 is 11.5 Å². The van der Waals surface area contributed by atoms with Crippen molar-refractivity contribution in [3.8, 4) is 0 Å². The van der Waals surface area contributed by atoms with Gasteiger partial charge in [-0.05, 0) is 31.0 Å². The Morgan fingerprint density at radius 3 is 2.45 bits per heavy atom. The van der Waals surface area contributed by atoms with Crippen molar-refractivity contribution in [3.63, 3.8) is 0 Å². The maximum absolute atomic E-state index is 12.2. The Bertz CT molecular complexity index is 730. The molecule has 0 bridgehead atoms. The smallest absolute Gasteiger partial charge is 0.293 e. The highest BCUT2D eigenvalue weighted by molar-refractivity contribution is 5.57. The Kier molecular flexibility index (Phi) is 3.88. The van der Waals surface area contributed by atoms with Gasteiger partial charge in [0.25, 0.3) is 5.56 Å². The maximum Gasteiger partial charge on any atom is 0.293 e. The molecule has 0 atom stereocenters. The molecule has 5 nitrogen and oxygen atoms in total. The lowest BCUT2D eigenvalue weighted by Gasteiger charge is -2.37. The van der Waals surface area contributed by atoms with E-state index in [4.69, 9.17) is 0 Å². The number of anilines is 2. The molecule has 1 aromatic heterocycles. The van der Waals surface area contributed by atoms with Crippen molar-refractivity contribution in [3.05, 3.63) is 52.1 Å². The minimum Gasteiger partial charge on any atom is -0.368 e. The van der Waals surface area contributed by atoms with Gasteiger partial charge in [-0.1, -0.05) is 12.1 Å². The van der Waals surface area contributed by atoms with E-state index in [1.54, 1.807) is 24.0 Å². The monoisotopic (exact) mass is 298 g/mol. The molecule has 0 unspecified atom stereocenters. The molecule has 1 fully saturated rings. The van der Waals surface area contributed by atoms with Gasteiger partial charge in [0.2, 0.25) is 0 Å². The summed E-state index contributed by atoms with van der Waals surface area (Å²) in [6.07, 6.45) is 3.38. The lowest BCUT2D eigenvalue weighted by molar-refractivity contribution is 0.638. The Morgan fingerprint density at radius 2 is 1.73 bits per heavy atom. The van der Waals surface area contributed by atoms with Crippen LogP contribution in [-0.4, -0.2) is 35.7 Å². The van der Waals surface area contributed by atoms with E-state index in [2.05, 4.69) is 46.8 Å². The van der Waals surface area contributed by atoms with E-state index in [1.807, 2.05) is 0 Å². The number of rotatable bonds is 2. The van der Waals surface area contributed by atoms with Gasteiger partial charge in [-0.25, -0.2) is 4.98 Å². The fraction of sp³-hybridized carbons (Fsp3) is 0.412. The zero-order valence-corrected chi connectivity index (χ0v) is 13.4. The van der Waals surface area contributed by atoms with Crippen LogP contribution in [0.2, 0.25) is 0 Å². The summed E-state index contributed by atoms with van der Waals surface area (Å²) in [5.74, 6) is 0.561. The zero-order chi connectivity index (χ0) is 15.7. The third-order valence-electron chi connectivity index (χ3n) is 4.49. The van der Waals surface area contributed by atoms with Crippen LogP contribution in [0, 0.1) is 13.8 Å². The molecule has 0 amide bonds. The first-order chi connectivity index (χ1) is 10.6. The van der Waals surface area contributed by atoms with E-state index < -0.39 is 0 Å². The normalized spacial score (nSPS) is 15.2. The highest BCUT2D eigenvalue weighted by atomic mass is 16.1. The van der Waals surface area contributed by atoms with Crippen LogP contribution >= 0.6 is 0 Å². The van der Waals surface area contributed by atoms with Gasteiger partial charge in [-0.15, -0.1) is 0 Å². The van der Waals surface area contributed by atoms with Crippen molar-refractivity contribution in [2.75, 3.05) is 36.0 Å². The highest BCUT2D eigenvalue weighted by Crippen LogP contribution is 2.24. The second-order valence-electron chi connectivity index (χ2n) is 5.86.